The Bertz CT molecular complexity index is 817. The molecule has 8 nitrogen and oxygen atoms in total. The van der Waals surface area contributed by atoms with Crippen LogP contribution in [0.1, 0.15) is 24.2 Å². The number of rotatable bonds is 8. The molecule has 0 spiro atoms. The minimum Gasteiger partial charge on any atom is -0.369 e. The Balaban J connectivity index is 1.76. The Hall–Kier alpha value is -1.91. The first-order valence-electron chi connectivity index (χ1n) is 7.84. The maximum absolute atomic E-state index is 11.2. The number of sulfonamides is 1. The second kappa shape index (κ2) is 8.45. The number of hydrogen-bond donors (Lipinski definition) is 1. The van der Waals surface area contributed by atoms with Gasteiger partial charge in [-0.1, -0.05) is 24.4 Å². The van der Waals surface area contributed by atoms with Crippen molar-refractivity contribution in [2.24, 2.45) is 12.2 Å². The molecule has 0 aliphatic carbocycles. The summed E-state index contributed by atoms with van der Waals surface area (Å²) >= 11 is 5.46. The van der Waals surface area contributed by atoms with E-state index in [1.807, 2.05) is 19.0 Å². The van der Waals surface area contributed by atoms with Gasteiger partial charge in [0, 0.05) is 27.1 Å². The smallest absolute Gasteiger partial charge is 0.238 e. The number of aryl methyl sites for hydroxylation is 2. The van der Waals surface area contributed by atoms with E-state index in [4.69, 9.17) is 17.4 Å². The molecule has 0 aliphatic heterocycles. The van der Waals surface area contributed by atoms with E-state index in [1.165, 1.54) is 12.1 Å². The molecule has 0 saturated heterocycles. The summed E-state index contributed by atoms with van der Waals surface area (Å²) in [5, 5.41) is 16.5. The first kappa shape index (κ1) is 19.4. The molecule has 1 aromatic carbocycles. The van der Waals surface area contributed by atoms with E-state index >= 15 is 0 Å². The number of aromatic nitrogens is 4. The largest absolute Gasteiger partial charge is 0.369 e. The van der Waals surface area contributed by atoms with Gasteiger partial charge in [0.1, 0.15) is 0 Å². The SMILES string of the molecule is CN(CCc1ccc(S(N)(=O)=O)cc1)C(=S)CCCc1nnnn1C. The fourth-order valence-electron chi connectivity index (χ4n) is 2.32. The van der Waals surface area contributed by atoms with Gasteiger partial charge in [0.25, 0.3) is 0 Å². The van der Waals surface area contributed by atoms with Gasteiger partial charge < -0.3 is 4.90 Å². The van der Waals surface area contributed by atoms with Crippen LogP contribution in [0.4, 0.5) is 0 Å². The number of benzene rings is 1. The maximum atomic E-state index is 11.2. The number of primary sulfonamides is 1. The molecule has 0 amide bonds. The van der Waals surface area contributed by atoms with Crippen LogP contribution < -0.4 is 5.14 Å². The van der Waals surface area contributed by atoms with Crippen LogP contribution >= 0.6 is 12.2 Å². The van der Waals surface area contributed by atoms with E-state index in [2.05, 4.69) is 15.5 Å². The van der Waals surface area contributed by atoms with Crippen molar-refractivity contribution < 1.29 is 8.42 Å². The average molecular weight is 383 g/mol. The van der Waals surface area contributed by atoms with E-state index in [-0.39, 0.29) is 4.90 Å². The van der Waals surface area contributed by atoms with E-state index in [1.54, 1.807) is 16.8 Å². The van der Waals surface area contributed by atoms with Crippen LogP contribution in [-0.4, -0.2) is 52.1 Å². The fourth-order valence-corrected chi connectivity index (χ4v) is 3.07. The van der Waals surface area contributed by atoms with E-state index in [0.717, 1.165) is 48.6 Å². The average Bonchev–Trinajstić information content (AvgIpc) is 2.97. The molecule has 0 unspecified atom stereocenters. The molecule has 0 saturated carbocycles. The molecule has 2 rings (SSSR count). The molecule has 0 radical (unpaired) electrons. The van der Waals surface area contributed by atoms with Crippen LogP contribution in [0, 0.1) is 0 Å². The van der Waals surface area contributed by atoms with Gasteiger partial charge in [-0.25, -0.2) is 18.2 Å². The highest BCUT2D eigenvalue weighted by Crippen LogP contribution is 2.10. The minimum absolute atomic E-state index is 0.124. The number of nitrogens with zero attached hydrogens (tertiary/aromatic N) is 5. The van der Waals surface area contributed by atoms with E-state index in [9.17, 15) is 8.42 Å². The van der Waals surface area contributed by atoms with Gasteiger partial charge in [-0.15, -0.1) is 5.10 Å². The van der Waals surface area contributed by atoms with Crippen molar-refractivity contribution in [3.05, 3.63) is 35.7 Å². The van der Waals surface area contributed by atoms with Gasteiger partial charge in [0.2, 0.25) is 10.0 Å². The maximum Gasteiger partial charge on any atom is 0.238 e. The molecule has 10 heteroatoms. The van der Waals surface area contributed by atoms with Crippen LogP contribution in [0.2, 0.25) is 0 Å². The van der Waals surface area contributed by atoms with E-state index < -0.39 is 10.0 Å². The van der Waals surface area contributed by atoms with Crippen LogP contribution in [0.25, 0.3) is 0 Å². The summed E-state index contributed by atoms with van der Waals surface area (Å²) in [6.07, 6.45) is 3.24. The van der Waals surface area contributed by atoms with Gasteiger partial charge in [-0.05, 0) is 47.4 Å². The van der Waals surface area contributed by atoms with Crippen LogP contribution in [0.5, 0.6) is 0 Å². The third-order valence-electron chi connectivity index (χ3n) is 3.91. The van der Waals surface area contributed by atoms with Crippen molar-refractivity contribution >= 4 is 27.2 Å². The zero-order valence-corrected chi connectivity index (χ0v) is 15.9. The lowest BCUT2D eigenvalue weighted by atomic mass is 10.1. The Kier molecular flexibility index (Phi) is 6.57. The zero-order chi connectivity index (χ0) is 18.4. The molecule has 2 aromatic rings. The molecular weight excluding hydrogens is 360 g/mol. The van der Waals surface area contributed by atoms with Gasteiger partial charge in [-0.3, -0.25) is 0 Å². The molecule has 136 valence electrons. The molecule has 0 bridgehead atoms. The number of likely N-dealkylation sites (N-methyl/N-ethyl adjacent to an activating group) is 1. The molecule has 0 aliphatic rings. The van der Waals surface area contributed by atoms with Crippen LogP contribution in [0.3, 0.4) is 0 Å². The highest BCUT2D eigenvalue weighted by molar-refractivity contribution is 7.89. The lowest BCUT2D eigenvalue weighted by Gasteiger charge is -2.20. The number of thiocarbonyl (C=S) groups is 1. The van der Waals surface area contributed by atoms with Crippen LogP contribution in [-0.2, 0) is 29.9 Å². The second-order valence-corrected chi connectivity index (χ2v) is 7.86. The Labute approximate surface area is 153 Å². The predicted octanol–water partition coefficient (Wildman–Crippen LogP) is 0.682. The summed E-state index contributed by atoms with van der Waals surface area (Å²) in [5.74, 6) is 0.848. The zero-order valence-electron chi connectivity index (χ0n) is 14.3. The summed E-state index contributed by atoms with van der Waals surface area (Å²) < 4.78 is 24.2. The molecular formula is C15H22N6O2S2. The highest BCUT2D eigenvalue weighted by atomic mass is 32.2. The molecule has 0 fully saturated rings. The second-order valence-electron chi connectivity index (χ2n) is 5.83. The third kappa shape index (κ3) is 5.83. The Morgan fingerprint density at radius 1 is 1.28 bits per heavy atom. The number of nitrogens with two attached hydrogens (primary N) is 1. The van der Waals surface area contributed by atoms with E-state index in [0.29, 0.717) is 0 Å². The van der Waals surface area contributed by atoms with Gasteiger partial charge >= 0.3 is 0 Å². The number of hydrogen-bond acceptors (Lipinski definition) is 6. The lowest BCUT2D eigenvalue weighted by molar-refractivity contribution is 0.502. The van der Waals surface area contributed by atoms with Crippen molar-refractivity contribution in [2.45, 2.75) is 30.6 Å². The molecule has 0 atom stereocenters. The summed E-state index contributed by atoms with van der Waals surface area (Å²) in [6.45, 7) is 0.763. The fraction of sp³-hybridized carbons (Fsp3) is 0.467. The van der Waals surface area contributed by atoms with Gasteiger partial charge in [0.15, 0.2) is 5.82 Å². The van der Waals surface area contributed by atoms with Crippen LogP contribution in [0.15, 0.2) is 29.2 Å². The highest BCUT2D eigenvalue weighted by Gasteiger charge is 2.09. The van der Waals surface area contributed by atoms with Gasteiger partial charge in [-0.2, -0.15) is 0 Å². The summed E-state index contributed by atoms with van der Waals surface area (Å²) in [6, 6.07) is 6.60. The summed E-state index contributed by atoms with van der Waals surface area (Å²) in [4.78, 5) is 3.05. The van der Waals surface area contributed by atoms with Gasteiger partial charge in [0.05, 0.1) is 9.88 Å². The molecule has 2 N–H and O–H groups in total. The van der Waals surface area contributed by atoms with Crippen molar-refractivity contribution in [1.29, 1.82) is 0 Å². The summed E-state index contributed by atoms with van der Waals surface area (Å²) in [5.41, 5.74) is 1.03. The normalized spacial score (nSPS) is 11.5. The molecule has 25 heavy (non-hydrogen) atoms. The van der Waals surface area contributed by atoms with Crippen molar-refractivity contribution in [2.75, 3.05) is 13.6 Å². The third-order valence-corrected chi connectivity index (χ3v) is 5.36. The van der Waals surface area contributed by atoms with Crippen molar-refractivity contribution in [3.8, 4) is 0 Å². The van der Waals surface area contributed by atoms with Crippen molar-refractivity contribution in [3.63, 3.8) is 0 Å². The summed E-state index contributed by atoms with van der Waals surface area (Å²) in [7, 11) is 0.140. The first-order chi connectivity index (χ1) is 11.8. The Morgan fingerprint density at radius 2 is 1.96 bits per heavy atom. The lowest BCUT2D eigenvalue weighted by Crippen LogP contribution is -2.27. The topological polar surface area (TPSA) is 107 Å². The first-order valence-corrected chi connectivity index (χ1v) is 9.80. The van der Waals surface area contributed by atoms with Crippen molar-refractivity contribution in [1.82, 2.24) is 25.1 Å². The standard InChI is InChI=1S/C15H22N6O2S2/c1-20(15(24)5-3-4-14-17-18-19-21(14)2)11-10-12-6-8-13(9-7-12)25(16,22)23/h6-9H,3-5,10-11H2,1-2H3,(H2,16,22,23). The minimum atomic E-state index is -3.64. The Morgan fingerprint density at radius 3 is 2.52 bits per heavy atom. The molecule has 1 heterocycles. The molecule has 1 aromatic heterocycles. The monoisotopic (exact) mass is 382 g/mol. The quantitative estimate of drug-likeness (QED) is 0.669. The predicted molar refractivity (Wildman–Crippen MR) is 98.5 cm³/mol. The number of tetrazole rings is 1.